The smallest absolute Gasteiger partial charge is 0.281 e. The minimum Gasteiger partial charge on any atom is -0.302 e. The van der Waals surface area contributed by atoms with Gasteiger partial charge in [0.05, 0.1) is 12.2 Å². The Bertz CT molecular complexity index is 679. The van der Waals surface area contributed by atoms with Crippen LogP contribution in [0.3, 0.4) is 0 Å². The summed E-state index contributed by atoms with van der Waals surface area (Å²) in [5.41, 5.74) is 0.902. The third-order valence-electron chi connectivity index (χ3n) is 4.19. The molecule has 1 aliphatic heterocycles. The highest BCUT2D eigenvalue weighted by atomic mass is 32.2. The lowest BCUT2D eigenvalue weighted by Crippen LogP contribution is -2.42. The molecule has 122 valence electrons. The van der Waals surface area contributed by atoms with Crippen LogP contribution in [0.15, 0.2) is 0 Å². The third-order valence-corrected chi connectivity index (χ3v) is 7.07. The molecular weight excluding hydrogens is 324 g/mol. The van der Waals surface area contributed by atoms with Crippen LogP contribution >= 0.6 is 11.3 Å². The molecule has 0 radical (unpaired) electrons. The fourth-order valence-corrected chi connectivity index (χ4v) is 4.72. The number of fused-ring (bicyclic) bond motifs is 1. The second kappa shape index (κ2) is 5.88. The number of amides is 1. The van der Waals surface area contributed by atoms with E-state index in [9.17, 15) is 13.2 Å². The van der Waals surface area contributed by atoms with Gasteiger partial charge in [-0.25, -0.2) is 4.98 Å². The molecule has 0 spiro atoms. The zero-order chi connectivity index (χ0) is 15.9. The maximum atomic E-state index is 12.2. The number of hydrogen-bond donors (Lipinski definition) is 1. The minimum absolute atomic E-state index is 0.0371. The van der Waals surface area contributed by atoms with Crippen LogP contribution in [-0.2, 0) is 28.0 Å². The Morgan fingerprint density at radius 3 is 2.73 bits per heavy atom. The van der Waals surface area contributed by atoms with E-state index in [1.54, 1.807) is 0 Å². The molecule has 1 aliphatic carbocycles. The summed E-state index contributed by atoms with van der Waals surface area (Å²) in [6, 6.07) is 0. The zero-order valence-electron chi connectivity index (χ0n) is 12.7. The van der Waals surface area contributed by atoms with Crippen molar-refractivity contribution >= 4 is 32.6 Å². The SMILES string of the molecule is CN(C)S(=O)(=O)N1CCc2nc(NC(=O)C3CCC3)sc2C1. The normalized spacial score (nSPS) is 19.8. The zero-order valence-corrected chi connectivity index (χ0v) is 14.3. The lowest BCUT2D eigenvalue weighted by Gasteiger charge is -2.27. The van der Waals surface area contributed by atoms with Gasteiger partial charge in [0.1, 0.15) is 0 Å². The van der Waals surface area contributed by atoms with E-state index in [-0.39, 0.29) is 11.8 Å². The number of thiazole rings is 1. The first-order valence-electron chi connectivity index (χ1n) is 7.35. The van der Waals surface area contributed by atoms with Crippen molar-refractivity contribution in [1.82, 2.24) is 13.6 Å². The summed E-state index contributed by atoms with van der Waals surface area (Å²) in [7, 11) is -0.347. The highest BCUT2D eigenvalue weighted by molar-refractivity contribution is 7.86. The van der Waals surface area contributed by atoms with Crippen LogP contribution in [0.1, 0.15) is 29.8 Å². The van der Waals surface area contributed by atoms with Crippen molar-refractivity contribution in [3.05, 3.63) is 10.6 Å². The molecule has 7 nitrogen and oxygen atoms in total. The maximum absolute atomic E-state index is 12.2. The molecule has 2 heterocycles. The van der Waals surface area contributed by atoms with Gasteiger partial charge in [-0.05, 0) is 12.8 Å². The van der Waals surface area contributed by atoms with Crippen molar-refractivity contribution in [1.29, 1.82) is 0 Å². The summed E-state index contributed by atoms with van der Waals surface area (Å²) in [5.74, 6) is 0.154. The number of rotatable bonds is 4. The van der Waals surface area contributed by atoms with Crippen LogP contribution in [0.5, 0.6) is 0 Å². The molecule has 1 amide bonds. The van der Waals surface area contributed by atoms with Gasteiger partial charge >= 0.3 is 0 Å². The van der Waals surface area contributed by atoms with Gasteiger partial charge in [0.2, 0.25) is 5.91 Å². The number of carbonyl (C=O) groups excluding carboxylic acids is 1. The molecule has 9 heteroatoms. The van der Waals surface area contributed by atoms with Gasteiger partial charge in [-0.3, -0.25) is 4.79 Å². The third kappa shape index (κ3) is 2.90. The monoisotopic (exact) mass is 344 g/mol. The van der Waals surface area contributed by atoms with Gasteiger partial charge in [0, 0.05) is 37.9 Å². The van der Waals surface area contributed by atoms with Crippen LogP contribution in [0.2, 0.25) is 0 Å². The van der Waals surface area contributed by atoms with Gasteiger partial charge in [-0.1, -0.05) is 6.42 Å². The van der Waals surface area contributed by atoms with Crippen LogP contribution in [-0.4, -0.2) is 48.6 Å². The molecule has 1 N–H and O–H groups in total. The Labute approximate surface area is 134 Å². The van der Waals surface area contributed by atoms with Crippen molar-refractivity contribution in [3.8, 4) is 0 Å². The van der Waals surface area contributed by atoms with Gasteiger partial charge in [0.15, 0.2) is 5.13 Å². The van der Waals surface area contributed by atoms with Crippen molar-refractivity contribution < 1.29 is 13.2 Å². The second-order valence-electron chi connectivity index (χ2n) is 5.88. The molecule has 22 heavy (non-hydrogen) atoms. The quantitative estimate of drug-likeness (QED) is 0.885. The van der Waals surface area contributed by atoms with Gasteiger partial charge in [-0.2, -0.15) is 17.0 Å². The molecule has 1 fully saturated rings. The fourth-order valence-electron chi connectivity index (χ4n) is 2.53. The first-order chi connectivity index (χ1) is 10.4. The fraction of sp³-hybridized carbons (Fsp3) is 0.692. The molecule has 1 aromatic heterocycles. The van der Waals surface area contributed by atoms with Crippen molar-refractivity contribution in [2.45, 2.75) is 32.2 Å². The Hall–Kier alpha value is -1.03. The Balaban J connectivity index is 1.71. The summed E-state index contributed by atoms with van der Waals surface area (Å²) >= 11 is 1.38. The first-order valence-corrected chi connectivity index (χ1v) is 9.56. The van der Waals surface area contributed by atoms with E-state index in [0.29, 0.717) is 24.6 Å². The number of anilines is 1. The second-order valence-corrected chi connectivity index (χ2v) is 9.11. The molecule has 0 atom stereocenters. The highest BCUT2D eigenvalue weighted by Gasteiger charge is 2.31. The lowest BCUT2D eigenvalue weighted by atomic mass is 9.85. The predicted octanol–water partition coefficient (Wildman–Crippen LogP) is 1.05. The van der Waals surface area contributed by atoms with E-state index in [1.807, 2.05) is 0 Å². The van der Waals surface area contributed by atoms with E-state index >= 15 is 0 Å². The molecule has 2 aliphatic rings. The number of nitrogens with one attached hydrogen (secondary N) is 1. The lowest BCUT2D eigenvalue weighted by molar-refractivity contribution is -0.122. The summed E-state index contributed by atoms with van der Waals surface area (Å²) in [6.45, 7) is 0.750. The van der Waals surface area contributed by atoms with E-state index in [2.05, 4.69) is 10.3 Å². The van der Waals surface area contributed by atoms with E-state index in [4.69, 9.17) is 0 Å². The maximum Gasteiger partial charge on any atom is 0.281 e. The first kappa shape index (κ1) is 15.9. The summed E-state index contributed by atoms with van der Waals surface area (Å²) in [6.07, 6.45) is 3.60. The standard InChI is InChI=1S/C13H20N4O3S2/c1-16(2)22(19,20)17-7-6-10-11(8-17)21-13(14-10)15-12(18)9-4-3-5-9/h9H,3-8H2,1-2H3,(H,14,15,18). The van der Waals surface area contributed by atoms with Crippen molar-refractivity contribution in [2.24, 2.45) is 5.92 Å². The average molecular weight is 344 g/mol. The van der Waals surface area contributed by atoms with Crippen LogP contribution in [0.4, 0.5) is 5.13 Å². The molecular formula is C13H20N4O3S2. The van der Waals surface area contributed by atoms with Crippen LogP contribution in [0, 0.1) is 5.92 Å². The average Bonchev–Trinajstić information content (AvgIpc) is 2.77. The van der Waals surface area contributed by atoms with Gasteiger partial charge in [-0.15, -0.1) is 11.3 Å². The molecule has 0 saturated heterocycles. The topological polar surface area (TPSA) is 82.6 Å². The Kier molecular flexibility index (Phi) is 4.23. The molecule has 1 aromatic rings. The molecule has 0 aromatic carbocycles. The molecule has 0 unspecified atom stereocenters. The number of hydrogen-bond acceptors (Lipinski definition) is 5. The number of nitrogens with zero attached hydrogens (tertiary/aromatic N) is 3. The van der Waals surface area contributed by atoms with Crippen LogP contribution in [0.25, 0.3) is 0 Å². The Morgan fingerprint density at radius 2 is 2.14 bits per heavy atom. The van der Waals surface area contributed by atoms with Gasteiger partial charge in [0.25, 0.3) is 10.2 Å². The van der Waals surface area contributed by atoms with E-state index in [1.165, 1.54) is 34.0 Å². The van der Waals surface area contributed by atoms with Crippen molar-refractivity contribution in [3.63, 3.8) is 0 Å². The van der Waals surface area contributed by atoms with Crippen molar-refractivity contribution in [2.75, 3.05) is 26.0 Å². The minimum atomic E-state index is -3.41. The Morgan fingerprint density at radius 1 is 1.41 bits per heavy atom. The van der Waals surface area contributed by atoms with Gasteiger partial charge < -0.3 is 5.32 Å². The predicted molar refractivity (Wildman–Crippen MR) is 84.8 cm³/mol. The summed E-state index contributed by atoms with van der Waals surface area (Å²) in [5, 5.41) is 3.46. The molecule has 1 saturated carbocycles. The summed E-state index contributed by atoms with van der Waals surface area (Å²) < 4.78 is 27.0. The summed E-state index contributed by atoms with van der Waals surface area (Å²) in [4.78, 5) is 17.3. The molecule has 0 bridgehead atoms. The number of carbonyl (C=O) groups is 1. The van der Waals surface area contributed by atoms with Crippen LogP contribution < -0.4 is 5.32 Å². The highest BCUT2D eigenvalue weighted by Crippen LogP contribution is 2.32. The number of aromatic nitrogens is 1. The molecule has 3 rings (SSSR count). The van der Waals surface area contributed by atoms with E-state index in [0.717, 1.165) is 29.8 Å². The largest absolute Gasteiger partial charge is 0.302 e. The van der Waals surface area contributed by atoms with E-state index < -0.39 is 10.2 Å².